The van der Waals surface area contributed by atoms with Gasteiger partial charge in [0.1, 0.15) is 0 Å². The Morgan fingerprint density at radius 1 is 1.28 bits per heavy atom. The Kier molecular flexibility index (Phi) is 10.1. The van der Waals surface area contributed by atoms with Crippen LogP contribution in [0.3, 0.4) is 0 Å². The highest BCUT2D eigenvalue weighted by Gasteiger charge is 2.16. The van der Waals surface area contributed by atoms with Crippen molar-refractivity contribution < 1.29 is 4.79 Å². The Balaban J connectivity index is 3.44. The zero-order valence-electron chi connectivity index (χ0n) is 12.3. The van der Waals surface area contributed by atoms with Crippen LogP contribution in [0.2, 0.25) is 0 Å². The van der Waals surface area contributed by atoms with Gasteiger partial charge < -0.3 is 5.32 Å². The number of nitrogens with one attached hydrogen (secondary N) is 1. The Morgan fingerprint density at radius 2 is 1.94 bits per heavy atom. The maximum absolute atomic E-state index is 11.6. The molecular formula is C14H29NOS2. The SMILES string of the molecule is CC(C)CCCCCC(=O)NCCC(C)(C)SS. The minimum atomic E-state index is 0.133. The fourth-order valence-electron chi connectivity index (χ4n) is 1.65. The predicted molar refractivity (Wildman–Crippen MR) is 86.2 cm³/mol. The van der Waals surface area contributed by atoms with Gasteiger partial charge in [-0.25, -0.2) is 0 Å². The molecule has 0 heterocycles. The summed E-state index contributed by atoms with van der Waals surface area (Å²) in [4.78, 5) is 11.6. The molecule has 108 valence electrons. The third kappa shape index (κ3) is 11.3. The van der Waals surface area contributed by atoms with E-state index in [2.05, 4.69) is 44.7 Å². The van der Waals surface area contributed by atoms with E-state index in [0.29, 0.717) is 6.42 Å². The highest BCUT2D eigenvalue weighted by molar-refractivity contribution is 8.69. The van der Waals surface area contributed by atoms with Gasteiger partial charge in [0.2, 0.25) is 5.91 Å². The number of carbonyl (C=O) groups is 1. The lowest BCUT2D eigenvalue weighted by Gasteiger charge is -2.20. The summed E-state index contributed by atoms with van der Waals surface area (Å²) in [6, 6.07) is 0. The molecule has 1 amide bonds. The number of hydrogen-bond donors (Lipinski definition) is 2. The number of carbonyl (C=O) groups excluding carboxylic acids is 1. The summed E-state index contributed by atoms with van der Waals surface area (Å²) < 4.78 is 0.133. The molecule has 0 aliphatic carbocycles. The molecule has 0 unspecified atom stereocenters. The van der Waals surface area contributed by atoms with Gasteiger partial charge in [-0.05, 0) is 32.6 Å². The number of rotatable bonds is 10. The third-order valence-corrected chi connectivity index (χ3v) is 5.16. The van der Waals surface area contributed by atoms with Crippen LogP contribution in [-0.2, 0) is 4.79 Å². The molecule has 4 heteroatoms. The summed E-state index contributed by atoms with van der Waals surface area (Å²) in [6.45, 7) is 9.53. The molecule has 1 N–H and O–H groups in total. The Hall–Kier alpha value is 0.170. The van der Waals surface area contributed by atoms with Crippen LogP contribution in [0.5, 0.6) is 0 Å². The standard InChI is InChI=1S/C14H29NOS2/c1-12(2)8-6-5-7-9-13(16)15-11-10-14(3,4)18-17/h12,17H,5-11H2,1-4H3,(H,15,16). The molecule has 0 aliphatic heterocycles. The summed E-state index contributed by atoms with van der Waals surface area (Å²) >= 11 is 4.23. The lowest BCUT2D eigenvalue weighted by atomic mass is 10.0. The first-order valence-corrected chi connectivity index (χ1v) is 8.83. The van der Waals surface area contributed by atoms with Crippen LogP contribution in [-0.4, -0.2) is 17.2 Å². The van der Waals surface area contributed by atoms with Crippen molar-refractivity contribution >= 4 is 28.4 Å². The summed E-state index contributed by atoms with van der Waals surface area (Å²) in [6.07, 6.45) is 6.34. The van der Waals surface area contributed by atoms with Crippen molar-refractivity contribution in [3.05, 3.63) is 0 Å². The molecule has 0 aromatic carbocycles. The van der Waals surface area contributed by atoms with E-state index < -0.39 is 0 Å². The lowest BCUT2D eigenvalue weighted by molar-refractivity contribution is -0.121. The van der Waals surface area contributed by atoms with Crippen molar-refractivity contribution in [2.45, 2.75) is 71.0 Å². The molecule has 0 aromatic heterocycles. The van der Waals surface area contributed by atoms with Gasteiger partial charge in [0.05, 0.1) is 0 Å². The number of unbranched alkanes of at least 4 members (excludes halogenated alkanes) is 2. The normalized spacial score (nSPS) is 11.9. The molecule has 0 spiro atoms. The van der Waals surface area contributed by atoms with Gasteiger partial charge >= 0.3 is 0 Å². The molecule has 0 saturated carbocycles. The molecule has 18 heavy (non-hydrogen) atoms. The predicted octanol–water partition coefficient (Wildman–Crippen LogP) is 4.46. The van der Waals surface area contributed by atoms with Gasteiger partial charge in [0.25, 0.3) is 0 Å². The fourth-order valence-corrected chi connectivity index (χ4v) is 2.12. The van der Waals surface area contributed by atoms with Crippen molar-refractivity contribution in [3.63, 3.8) is 0 Å². The second-order valence-electron chi connectivity index (χ2n) is 5.94. The van der Waals surface area contributed by atoms with E-state index in [1.54, 1.807) is 10.8 Å². The Labute approximate surface area is 122 Å². The summed E-state index contributed by atoms with van der Waals surface area (Å²) in [7, 11) is 1.55. The van der Waals surface area contributed by atoms with Crippen molar-refractivity contribution in [3.8, 4) is 0 Å². The van der Waals surface area contributed by atoms with Crippen molar-refractivity contribution in [2.24, 2.45) is 5.92 Å². The third-order valence-electron chi connectivity index (χ3n) is 2.98. The van der Waals surface area contributed by atoms with E-state index in [1.165, 1.54) is 19.3 Å². The number of amides is 1. The van der Waals surface area contributed by atoms with Crippen LogP contribution in [0.1, 0.15) is 66.2 Å². The van der Waals surface area contributed by atoms with Crippen LogP contribution in [0.25, 0.3) is 0 Å². The van der Waals surface area contributed by atoms with Crippen LogP contribution >= 0.6 is 22.5 Å². The Bertz CT molecular complexity index is 230. The van der Waals surface area contributed by atoms with Gasteiger partial charge in [-0.2, -0.15) is 0 Å². The van der Waals surface area contributed by atoms with Crippen LogP contribution < -0.4 is 5.32 Å². The van der Waals surface area contributed by atoms with E-state index in [9.17, 15) is 4.79 Å². The molecule has 2 nitrogen and oxygen atoms in total. The second-order valence-corrected chi connectivity index (χ2v) is 7.78. The first-order valence-electron chi connectivity index (χ1n) is 6.96. The van der Waals surface area contributed by atoms with E-state index in [4.69, 9.17) is 0 Å². The van der Waals surface area contributed by atoms with Crippen LogP contribution in [0, 0.1) is 5.92 Å². The summed E-state index contributed by atoms with van der Waals surface area (Å²) in [5.74, 6) is 0.972. The van der Waals surface area contributed by atoms with Crippen molar-refractivity contribution in [1.82, 2.24) is 5.32 Å². The average molecular weight is 292 g/mol. The van der Waals surface area contributed by atoms with Crippen molar-refractivity contribution in [2.75, 3.05) is 6.54 Å². The Morgan fingerprint density at radius 3 is 2.50 bits per heavy atom. The van der Waals surface area contributed by atoms with E-state index >= 15 is 0 Å². The molecule has 0 aliphatic rings. The van der Waals surface area contributed by atoms with Gasteiger partial charge in [0, 0.05) is 17.7 Å². The lowest BCUT2D eigenvalue weighted by Crippen LogP contribution is -2.28. The minimum Gasteiger partial charge on any atom is -0.356 e. The molecule has 0 aromatic rings. The van der Waals surface area contributed by atoms with Crippen molar-refractivity contribution in [1.29, 1.82) is 0 Å². The monoisotopic (exact) mass is 291 g/mol. The number of thiol groups is 1. The molecule has 0 radical (unpaired) electrons. The quantitative estimate of drug-likeness (QED) is 0.353. The number of hydrogen-bond acceptors (Lipinski definition) is 3. The second kappa shape index (κ2) is 10.0. The molecule has 0 saturated heterocycles. The molecule has 0 rings (SSSR count). The van der Waals surface area contributed by atoms with Gasteiger partial charge in [0.15, 0.2) is 0 Å². The van der Waals surface area contributed by atoms with E-state index in [1.807, 2.05) is 0 Å². The first-order chi connectivity index (χ1) is 8.37. The van der Waals surface area contributed by atoms with E-state index in [0.717, 1.165) is 25.3 Å². The fraction of sp³-hybridized carbons (Fsp3) is 0.929. The first kappa shape index (κ1) is 18.2. The highest BCUT2D eigenvalue weighted by atomic mass is 33.1. The zero-order valence-corrected chi connectivity index (χ0v) is 14.0. The van der Waals surface area contributed by atoms with Gasteiger partial charge in [-0.15, -0.1) is 11.7 Å². The van der Waals surface area contributed by atoms with Crippen LogP contribution in [0.4, 0.5) is 0 Å². The maximum Gasteiger partial charge on any atom is 0.219 e. The smallest absolute Gasteiger partial charge is 0.219 e. The molecular weight excluding hydrogens is 262 g/mol. The van der Waals surface area contributed by atoms with Gasteiger partial charge in [-0.1, -0.05) is 43.9 Å². The highest BCUT2D eigenvalue weighted by Crippen LogP contribution is 2.30. The van der Waals surface area contributed by atoms with Crippen LogP contribution in [0.15, 0.2) is 0 Å². The van der Waals surface area contributed by atoms with E-state index in [-0.39, 0.29) is 10.7 Å². The summed E-state index contributed by atoms with van der Waals surface area (Å²) in [5, 5.41) is 2.99. The average Bonchev–Trinajstić information content (AvgIpc) is 2.28. The molecule has 0 atom stereocenters. The maximum atomic E-state index is 11.6. The van der Waals surface area contributed by atoms with Gasteiger partial charge in [-0.3, -0.25) is 4.79 Å². The minimum absolute atomic E-state index is 0.133. The largest absolute Gasteiger partial charge is 0.356 e. The topological polar surface area (TPSA) is 29.1 Å². The molecule has 0 bridgehead atoms. The zero-order chi connectivity index (χ0) is 14.0. The molecule has 0 fully saturated rings. The summed E-state index contributed by atoms with van der Waals surface area (Å²) in [5.41, 5.74) is 0.